The average Bonchev–Trinajstić information content (AvgIpc) is 2.73. The zero-order chi connectivity index (χ0) is 12.7. The van der Waals surface area contributed by atoms with Crippen LogP contribution in [0.25, 0.3) is 0 Å². The van der Waals surface area contributed by atoms with Gasteiger partial charge in [0.25, 0.3) is 0 Å². The Morgan fingerprint density at radius 3 is 2.65 bits per heavy atom. The Morgan fingerprint density at radius 1 is 1.29 bits per heavy atom. The first kappa shape index (κ1) is 14.2. The van der Waals surface area contributed by atoms with E-state index in [1.807, 2.05) is 6.07 Å². The summed E-state index contributed by atoms with van der Waals surface area (Å²) in [6, 6.07) is 2.00. The fourth-order valence-electron chi connectivity index (χ4n) is 1.69. The van der Waals surface area contributed by atoms with Gasteiger partial charge < -0.3 is 4.74 Å². The van der Waals surface area contributed by atoms with Gasteiger partial charge in [-0.15, -0.1) is 11.3 Å². The maximum Gasteiger partial charge on any atom is 0.348 e. The topological polar surface area (TPSA) is 26.3 Å². The summed E-state index contributed by atoms with van der Waals surface area (Å²) in [6.07, 6.45) is 5.18. The lowest BCUT2D eigenvalue weighted by atomic mass is 10.1. The lowest BCUT2D eigenvalue weighted by Gasteiger charge is -2.00. The fourth-order valence-corrected chi connectivity index (χ4v) is 2.93. The van der Waals surface area contributed by atoms with Crippen molar-refractivity contribution < 1.29 is 9.53 Å². The molecule has 0 atom stereocenters. The van der Waals surface area contributed by atoms with Gasteiger partial charge in [0.05, 0.1) is 6.61 Å². The minimum Gasteiger partial charge on any atom is -0.462 e. The quantitative estimate of drug-likeness (QED) is 0.538. The first-order chi connectivity index (χ1) is 8.22. The first-order valence-electron chi connectivity index (χ1n) is 6.51. The van der Waals surface area contributed by atoms with Crippen LogP contribution in [0.1, 0.15) is 60.1 Å². The molecule has 1 rings (SSSR count). The van der Waals surface area contributed by atoms with E-state index in [1.165, 1.54) is 10.4 Å². The molecular formula is C14H22O2S. The summed E-state index contributed by atoms with van der Waals surface area (Å²) in [5.41, 5.74) is 1.30. The van der Waals surface area contributed by atoms with Gasteiger partial charge in [0.1, 0.15) is 4.88 Å². The smallest absolute Gasteiger partial charge is 0.348 e. The van der Waals surface area contributed by atoms with Gasteiger partial charge in [-0.2, -0.15) is 0 Å². The Hall–Kier alpha value is -0.830. The van der Waals surface area contributed by atoms with Gasteiger partial charge in [0.2, 0.25) is 0 Å². The Bertz CT molecular complexity index is 355. The van der Waals surface area contributed by atoms with Crippen molar-refractivity contribution in [3.05, 3.63) is 21.4 Å². The second-order valence-electron chi connectivity index (χ2n) is 4.15. The summed E-state index contributed by atoms with van der Waals surface area (Å²) in [5, 5.41) is 0. The molecule has 0 aliphatic rings. The number of aryl methyl sites for hydroxylation is 2. The first-order valence-corrected chi connectivity index (χ1v) is 7.33. The molecule has 0 aliphatic carbocycles. The number of hydrogen-bond donors (Lipinski definition) is 0. The van der Waals surface area contributed by atoms with Crippen molar-refractivity contribution in [1.29, 1.82) is 0 Å². The molecule has 0 saturated heterocycles. The van der Waals surface area contributed by atoms with Crippen LogP contribution in [0, 0.1) is 0 Å². The molecule has 0 spiro atoms. The summed E-state index contributed by atoms with van der Waals surface area (Å²) < 4.78 is 5.23. The van der Waals surface area contributed by atoms with Crippen LogP contribution in [0.3, 0.4) is 0 Å². The number of ether oxygens (including phenoxy) is 1. The molecule has 0 N–H and O–H groups in total. The second kappa shape index (κ2) is 7.49. The van der Waals surface area contributed by atoms with Crippen LogP contribution < -0.4 is 0 Å². The van der Waals surface area contributed by atoms with E-state index in [1.54, 1.807) is 11.3 Å². The monoisotopic (exact) mass is 254 g/mol. The molecular weight excluding hydrogens is 232 g/mol. The highest BCUT2D eigenvalue weighted by Gasteiger charge is 2.14. The molecule has 0 unspecified atom stereocenters. The summed E-state index contributed by atoms with van der Waals surface area (Å²) >= 11 is 1.60. The lowest BCUT2D eigenvalue weighted by Crippen LogP contribution is -2.04. The third kappa shape index (κ3) is 4.15. The summed E-state index contributed by atoms with van der Waals surface area (Å²) in [7, 11) is 0. The number of carbonyl (C=O) groups excluding carboxylic acids is 1. The Labute approximate surface area is 108 Å². The van der Waals surface area contributed by atoms with Crippen LogP contribution >= 0.6 is 11.3 Å². The normalized spacial score (nSPS) is 10.5. The van der Waals surface area contributed by atoms with Gasteiger partial charge in [0, 0.05) is 4.88 Å². The molecule has 0 saturated carbocycles. The second-order valence-corrected chi connectivity index (χ2v) is 5.29. The fraction of sp³-hybridized carbons (Fsp3) is 0.643. The van der Waals surface area contributed by atoms with Crippen LogP contribution in [0.2, 0.25) is 0 Å². The minimum atomic E-state index is -0.152. The molecule has 3 heteroatoms. The predicted octanol–water partition coefficient (Wildman–Crippen LogP) is 4.22. The van der Waals surface area contributed by atoms with Gasteiger partial charge in [0.15, 0.2) is 0 Å². The molecule has 2 nitrogen and oxygen atoms in total. The summed E-state index contributed by atoms with van der Waals surface area (Å²) in [5.74, 6) is -0.152. The van der Waals surface area contributed by atoms with E-state index < -0.39 is 0 Å². The van der Waals surface area contributed by atoms with E-state index >= 15 is 0 Å². The van der Waals surface area contributed by atoms with E-state index in [2.05, 4.69) is 20.8 Å². The standard InChI is InChI=1S/C14H22O2S/c1-4-7-9-16-14(15)13-10-11(6-3)12(17-13)8-5-2/h10H,4-9H2,1-3H3. The lowest BCUT2D eigenvalue weighted by molar-refractivity contribution is 0.0505. The highest BCUT2D eigenvalue weighted by Crippen LogP contribution is 2.25. The Balaban J connectivity index is 2.66. The predicted molar refractivity (Wildman–Crippen MR) is 72.9 cm³/mol. The van der Waals surface area contributed by atoms with Gasteiger partial charge in [-0.1, -0.05) is 33.6 Å². The molecule has 0 bridgehead atoms. The zero-order valence-electron chi connectivity index (χ0n) is 11.0. The minimum absolute atomic E-state index is 0.152. The van der Waals surface area contributed by atoms with Gasteiger partial charge in [-0.25, -0.2) is 4.79 Å². The van der Waals surface area contributed by atoms with Gasteiger partial charge in [-0.05, 0) is 30.9 Å². The van der Waals surface area contributed by atoms with Crippen LogP contribution in [-0.4, -0.2) is 12.6 Å². The molecule has 0 fully saturated rings. The number of unbranched alkanes of at least 4 members (excludes halogenated alkanes) is 1. The van der Waals surface area contributed by atoms with E-state index in [-0.39, 0.29) is 5.97 Å². The molecule has 0 amide bonds. The number of carbonyl (C=O) groups is 1. The third-order valence-corrected chi connectivity index (χ3v) is 3.90. The van der Waals surface area contributed by atoms with Gasteiger partial charge in [-0.3, -0.25) is 0 Å². The van der Waals surface area contributed by atoms with Crippen molar-refractivity contribution in [3.63, 3.8) is 0 Å². The highest BCUT2D eigenvalue weighted by atomic mass is 32.1. The zero-order valence-corrected chi connectivity index (χ0v) is 11.9. The number of thiophene rings is 1. The largest absolute Gasteiger partial charge is 0.462 e. The molecule has 1 aromatic heterocycles. The average molecular weight is 254 g/mol. The molecule has 0 radical (unpaired) electrons. The number of hydrogen-bond acceptors (Lipinski definition) is 3. The molecule has 0 aliphatic heterocycles. The molecule has 1 heterocycles. The van der Waals surface area contributed by atoms with Crippen molar-refractivity contribution in [3.8, 4) is 0 Å². The highest BCUT2D eigenvalue weighted by molar-refractivity contribution is 7.14. The van der Waals surface area contributed by atoms with Crippen molar-refractivity contribution >= 4 is 17.3 Å². The van der Waals surface area contributed by atoms with Crippen molar-refractivity contribution in [2.45, 2.75) is 52.9 Å². The summed E-state index contributed by atoms with van der Waals surface area (Å²) in [4.78, 5) is 13.9. The van der Waals surface area contributed by atoms with Crippen LogP contribution in [0.4, 0.5) is 0 Å². The SMILES string of the molecule is CCCCOC(=O)c1cc(CC)c(CCC)s1. The van der Waals surface area contributed by atoms with Crippen LogP contribution in [-0.2, 0) is 17.6 Å². The molecule has 0 aromatic carbocycles. The molecule has 96 valence electrons. The van der Waals surface area contributed by atoms with E-state index in [4.69, 9.17) is 4.74 Å². The Morgan fingerprint density at radius 2 is 2.06 bits per heavy atom. The van der Waals surface area contributed by atoms with Crippen molar-refractivity contribution in [2.24, 2.45) is 0 Å². The number of esters is 1. The molecule has 1 aromatic rings. The van der Waals surface area contributed by atoms with Crippen molar-refractivity contribution in [1.82, 2.24) is 0 Å². The third-order valence-electron chi connectivity index (χ3n) is 2.69. The van der Waals surface area contributed by atoms with E-state index in [0.717, 1.165) is 37.0 Å². The maximum absolute atomic E-state index is 11.8. The van der Waals surface area contributed by atoms with E-state index in [9.17, 15) is 4.79 Å². The summed E-state index contributed by atoms with van der Waals surface area (Å²) in [6.45, 7) is 6.93. The maximum atomic E-state index is 11.8. The van der Waals surface area contributed by atoms with Gasteiger partial charge >= 0.3 is 5.97 Å². The van der Waals surface area contributed by atoms with Crippen molar-refractivity contribution in [2.75, 3.05) is 6.61 Å². The van der Waals surface area contributed by atoms with Crippen LogP contribution in [0.15, 0.2) is 6.07 Å². The molecule has 17 heavy (non-hydrogen) atoms. The Kier molecular flexibility index (Phi) is 6.27. The van der Waals surface area contributed by atoms with E-state index in [0.29, 0.717) is 6.61 Å². The number of rotatable bonds is 7. The van der Waals surface area contributed by atoms with Crippen LogP contribution in [0.5, 0.6) is 0 Å².